The van der Waals surface area contributed by atoms with Crippen LogP contribution in [0.15, 0.2) is 0 Å². The lowest BCUT2D eigenvalue weighted by molar-refractivity contribution is -0.125. The number of rotatable bonds is 2. The number of alkyl halides is 2. The first-order chi connectivity index (χ1) is 7.29. The van der Waals surface area contributed by atoms with E-state index in [1.165, 1.54) is 0 Å². The van der Waals surface area contributed by atoms with E-state index < -0.39 is 11.5 Å². The van der Waals surface area contributed by atoms with Crippen molar-refractivity contribution in [2.75, 3.05) is 0 Å². The van der Waals surface area contributed by atoms with Gasteiger partial charge in [-0.15, -0.1) is 0 Å². The normalized spacial score (nSPS) is 21.9. The van der Waals surface area contributed by atoms with E-state index in [1.807, 2.05) is 25.5 Å². The fourth-order valence-corrected chi connectivity index (χ4v) is 2.77. The van der Waals surface area contributed by atoms with Crippen molar-refractivity contribution < 1.29 is 8.78 Å². The number of nitrogens with zero attached hydrogens (tertiary/aromatic N) is 2. The number of nitrogens with two attached hydrogens (primary N) is 1. The van der Waals surface area contributed by atoms with Crippen molar-refractivity contribution in [3.63, 3.8) is 0 Å². The summed E-state index contributed by atoms with van der Waals surface area (Å²) in [6.45, 7) is 6.43. The number of hydrogen-bond acceptors (Lipinski definition) is 2. The lowest BCUT2D eigenvalue weighted by Crippen LogP contribution is -2.56. The van der Waals surface area contributed by atoms with Gasteiger partial charge in [0, 0.05) is 30.6 Å². The van der Waals surface area contributed by atoms with E-state index in [0.29, 0.717) is 0 Å². The molecule has 2 N–H and O–H groups in total. The zero-order valence-corrected chi connectivity index (χ0v) is 9.85. The van der Waals surface area contributed by atoms with Gasteiger partial charge >= 0.3 is 0 Å². The van der Waals surface area contributed by atoms with Crippen LogP contribution in [0.4, 0.5) is 8.78 Å². The van der Waals surface area contributed by atoms with Crippen LogP contribution in [0.2, 0.25) is 0 Å². The maximum absolute atomic E-state index is 13.0. The first-order valence-corrected chi connectivity index (χ1v) is 5.50. The molecule has 1 saturated carbocycles. The van der Waals surface area contributed by atoms with Gasteiger partial charge in [-0.1, -0.05) is 0 Å². The van der Waals surface area contributed by atoms with E-state index in [0.717, 1.165) is 23.5 Å². The van der Waals surface area contributed by atoms with Gasteiger partial charge in [-0.05, 0) is 20.8 Å². The summed E-state index contributed by atoms with van der Waals surface area (Å²) < 4.78 is 27.7. The quantitative estimate of drug-likeness (QED) is 0.844. The van der Waals surface area contributed by atoms with E-state index in [-0.39, 0.29) is 12.8 Å². The van der Waals surface area contributed by atoms with Gasteiger partial charge in [0.05, 0.1) is 11.2 Å². The van der Waals surface area contributed by atoms with Crippen molar-refractivity contribution in [2.24, 2.45) is 5.73 Å². The topological polar surface area (TPSA) is 43.8 Å². The molecule has 0 amide bonds. The molecule has 0 radical (unpaired) electrons. The molecule has 0 atom stereocenters. The Labute approximate surface area is 93.6 Å². The molecule has 2 rings (SSSR count). The van der Waals surface area contributed by atoms with E-state index in [1.54, 1.807) is 0 Å². The maximum Gasteiger partial charge on any atom is 0.252 e. The van der Waals surface area contributed by atoms with Gasteiger partial charge in [0.1, 0.15) is 0 Å². The van der Waals surface area contributed by atoms with Gasteiger partial charge in [0.15, 0.2) is 0 Å². The van der Waals surface area contributed by atoms with Crippen LogP contribution >= 0.6 is 0 Å². The molecular formula is C11H17F2N3. The molecule has 0 aliphatic heterocycles. The largest absolute Gasteiger partial charge is 0.321 e. The summed E-state index contributed by atoms with van der Waals surface area (Å²) in [5.41, 5.74) is 7.65. The van der Waals surface area contributed by atoms with Gasteiger partial charge in [-0.25, -0.2) is 8.78 Å². The van der Waals surface area contributed by atoms with Crippen molar-refractivity contribution in [1.82, 2.24) is 9.78 Å². The molecule has 0 saturated heterocycles. The monoisotopic (exact) mass is 229 g/mol. The third kappa shape index (κ3) is 1.54. The molecule has 0 aromatic carbocycles. The fraction of sp³-hybridized carbons (Fsp3) is 0.727. The van der Waals surface area contributed by atoms with Crippen molar-refractivity contribution in [2.45, 2.75) is 51.6 Å². The number of aryl methyl sites for hydroxylation is 2. The maximum atomic E-state index is 13.0. The molecule has 1 aromatic rings. The fourth-order valence-electron chi connectivity index (χ4n) is 2.77. The third-order valence-corrected chi connectivity index (χ3v) is 3.33. The second-order valence-corrected chi connectivity index (χ2v) is 4.73. The van der Waals surface area contributed by atoms with Gasteiger partial charge in [-0.3, -0.25) is 4.68 Å². The predicted molar refractivity (Wildman–Crippen MR) is 57.4 cm³/mol. The van der Waals surface area contributed by atoms with Crippen LogP contribution in [-0.4, -0.2) is 15.7 Å². The van der Waals surface area contributed by atoms with Crippen molar-refractivity contribution >= 4 is 0 Å². The molecule has 16 heavy (non-hydrogen) atoms. The molecule has 0 unspecified atom stereocenters. The Kier molecular flexibility index (Phi) is 2.35. The standard InChI is InChI=1S/C11H17F2N3/c1-4-16-8(3)9(7(2)15-16)10(14)5-11(12,13)6-10/h4-6,14H2,1-3H3. The first-order valence-electron chi connectivity index (χ1n) is 5.50. The summed E-state index contributed by atoms with van der Waals surface area (Å²) in [6.07, 6.45) is -0.534. The first kappa shape index (κ1) is 11.5. The van der Waals surface area contributed by atoms with Gasteiger partial charge < -0.3 is 5.73 Å². The molecule has 5 heteroatoms. The highest BCUT2D eigenvalue weighted by Crippen LogP contribution is 2.51. The highest BCUT2D eigenvalue weighted by molar-refractivity contribution is 5.36. The number of hydrogen-bond donors (Lipinski definition) is 1. The average molecular weight is 229 g/mol. The Bertz CT molecular complexity index is 415. The van der Waals surface area contributed by atoms with E-state index in [9.17, 15) is 8.78 Å². The Morgan fingerprint density at radius 1 is 1.38 bits per heavy atom. The van der Waals surface area contributed by atoms with Crippen LogP contribution in [0.1, 0.15) is 36.7 Å². The lowest BCUT2D eigenvalue weighted by Gasteiger charge is -2.44. The minimum atomic E-state index is -2.61. The van der Waals surface area contributed by atoms with Crippen LogP contribution in [0, 0.1) is 13.8 Å². The Balaban J connectivity index is 2.38. The van der Waals surface area contributed by atoms with Crippen LogP contribution in [0.5, 0.6) is 0 Å². The van der Waals surface area contributed by atoms with Gasteiger partial charge in [-0.2, -0.15) is 5.10 Å². The molecule has 1 heterocycles. The summed E-state index contributed by atoms with van der Waals surface area (Å²) in [5, 5.41) is 4.32. The second-order valence-electron chi connectivity index (χ2n) is 4.73. The molecule has 1 aromatic heterocycles. The Hall–Kier alpha value is -0.970. The van der Waals surface area contributed by atoms with E-state index in [2.05, 4.69) is 5.10 Å². The summed E-state index contributed by atoms with van der Waals surface area (Å²) in [4.78, 5) is 0. The van der Waals surface area contributed by atoms with Crippen molar-refractivity contribution in [3.8, 4) is 0 Å². The zero-order valence-electron chi connectivity index (χ0n) is 9.85. The Morgan fingerprint density at radius 3 is 2.31 bits per heavy atom. The summed E-state index contributed by atoms with van der Waals surface area (Å²) >= 11 is 0. The van der Waals surface area contributed by atoms with Crippen molar-refractivity contribution in [1.29, 1.82) is 0 Å². The number of aromatic nitrogens is 2. The van der Waals surface area contributed by atoms with Crippen molar-refractivity contribution in [3.05, 3.63) is 17.0 Å². The minimum Gasteiger partial charge on any atom is -0.321 e. The summed E-state index contributed by atoms with van der Waals surface area (Å²) in [6, 6.07) is 0. The second kappa shape index (κ2) is 3.26. The molecule has 1 fully saturated rings. The zero-order chi connectivity index (χ0) is 12.1. The highest BCUT2D eigenvalue weighted by Gasteiger charge is 2.56. The lowest BCUT2D eigenvalue weighted by atomic mass is 9.69. The van der Waals surface area contributed by atoms with Crippen LogP contribution < -0.4 is 5.73 Å². The van der Waals surface area contributed by atoms with E-state index >= 15 is 0 Å². The molecule has 0 spiro atoms. The minimum absolute atomic E-state index is 0.267. The number of halogens is 2. The molecular weight excluding hydrogens is 212 g/mol. The van der Waals surface area contributed by atoms with Crippen LogP contribution in [-0.2, 0) is 12.1 Å². The predicted octanol–water partition coefficient (Wildman–Crippen LogP) is 2.10. The summed E-state index contributed by atoms with van der Waals surface area (Å²) in [5.74, 6) is -2.61. The molecule has 90 valence electrons. The highest BCUT2D eigenvalue weighted by atomic mass is 19.3. The van der Waals surface area contributed by atoms with Gasteiger partial charge in [0.25, 0.3) is 5.92 Å². The molecule has 1 aliphatic carbocycles. The molecule has 3 nitrogen and oxygen atoms in total. The summed E-state index contributed by atoms with van der Waals surface area (Å²) in [7, 11) is 0. The van der Waals surface area contributed by atoms with Crippen LogP contribution in [0.3, 0.4) is 0 Å². The average Bonchev–Trinajstić information content (AvgIpc) is 2.37. The van der Waals surface area contributed by atoms with Crippen LogP contribution in [0.25, 0.3) is 0 Å². The molecule has 1 aliphatic rings. The molecule has 0 bridgehead atoms. The third-order valence-electron chi connectivity index (χ3n) is 3.33. The van der Waals surface area contributed by atoms with E-state index in [4.69, 9.17) is 5.73 Å². The Morgan fingerprint density at radius 2 is 1.94 bits per heavy atom. The smallest absolute Gasteiger partial charge is 0.252 e. The van der Waals surface area contributed by atoms with Gasteiger partial charge in [0.2, 0.25) is 0 Å². The SMILES string of the molecule is CCn1nc(C)c(C2(N)CC(F)(F)C2)c1C.